The van der Waals surface area contributed by atoms with E-state index in [0.29, 0.717) is 5.92 Å². The lowest BCUT2D eigenvalue weighted by Gasteiger charge is -2.29. The smallest absolute Gasteiger partial charge is 0.319 e. The number of likely N-dealkylation sites (tertiary alicyclic amines) is 1. The molecule has 1 aromatic carbocycles. The standard InChI is InChI=1S/C17H24N4OS/c1-11(2)16-20-14-5-4-13(10-15(14)23-16)19-17(22)18-12-6-8-21(3)9-7-12/h4-5,10-12H,6-9H2,1-3H3,(H2,18,19,22). The number of nitrogens with zero attached hydrogens (tertiary/aromatic N) is 2. The number of nitrogens with one attached hydrogen (secondary N) is 2. The van der Waals surface area contributed by atoms with Crippen molar-refractivity contribution in [3.8, 4) is 0 Å². The van der Waals surface area contributed by atoms with Gasteiger partial charge in [0, 0.05) is 17.6 Å². The molecule has 124 valence electrons. The third kappa shape index (κ3) is 4.00. The van der Waals surface area contributed by atoms with Crippen LogP contribution in [0.15, 0.2) is 18.2 Å². The van der Waals surface area contributed by atoms with Crippen LogP contribution in [0.25, 0.3) is 10.2 Å². The van der Waals surface area contributed by atoms with Crippen LogP contribution < -0.4 is 10.6 Å². The summed E-state index contributed by atoms with van der Waals surface area (Å²) < 4.78 is 1.12. The van der Waals surface area contributed by atoms with Gasteiger partial charge in [0.25, 0.3) is 0 Å². The topological polar surface area (TPSA) is 57.3 Å². The van der Waals surface area contributed by atoms with E-state index in [1.54, 1.807) is 11.3 Å². The van der Waals surface area contributed by atoms with Crippen LogP contribution in [-0.2, 0) is 0 Å². The zero-order chi connectivity index (χ0) is 16.4. The lowest BCUT2D eigenvalue weighted by atomic mass is 10.1. The second kappa shape index (κ2) is 6.84. The van der Waals surface area contributed by atoms with Crippen molar-refractivity contribution in [1.29, 1.82) is 0 Å². The van der Waals surface area contributed by atoms with Crippen LogP contribution in [0.3, 0.4) is 0 Å². The van der Waals surface area contributed by atoms with Gasteiger partial charge in [0.2, 0.25) is 0 Å². The molecular formula is C17H24N4OS. The molecule has 0 unspecified atom stereocenters. The monoisotopic (exact) mass is 332 g/mol. The Bertz CT molecular complexity index is 689. The fourth-order valence-electron chi connectivity index (χ4n) is 2.77. The number of urea groups is 1. The Morgan fingerprint density at radius 3 is 2.78 bits per heavy atom. The predicted octanol–water partition coefficient (Wildman–Crippen LogP) is 3.64. The predicted molar refractivity (Wildman–Crippen MR) is 96.4 cm³/mol. The van der Waals surface area contributed by atoms with Crippen molar-refractivity contribution in [2.45, 2.75) is 38.6 Å². The molecule has 0 saturated carbocycles. The van der Waals surface area contributed by atoms with E-state index >= 15 is 0 Å². The first-order chi connectivity index (χ1) is 11.0. The summed E-state index contributed by atoms with van der Waals surface area (Å²) in [6.45, 7) is 6.36. The van der Waals surface area contributed by atoms with Crippen LogP contribution in [0, 0.1) is 0 Å². The molecule has 1 fully saturated rings. The molecule has 2 amide bonds. The Morgan fingerprint density at radius 2 is 2.09 bits per heavy atom. The third-order valence-corrected chi connectivity index (χ3v) is 5.53. The van der Waals surface area contributed by atoms with Gasteiger partial charge in [0.15, 0.2) is 0 Å². The molecule has 6 heteroatoms. The average molecular weight is 332 g/mol. The van der Waals surface area contributed by atoms with Crippen LogP contribution in [0.4, 0.5) is 10.5 Å². The first kappa shape index (κ1) is 16.2. The van der Waals surface area contributed by atoms with Crippen molar-refractivity contribution < 1.29 is 4.79 Å². The second-order valence-electron chi connectivity index (χ2n) is 6.57. The van der Waals surface area contributed by atoms with Gasteiger partial charge < -0.3 is 15.5 Å². The summed E-state index contributed by atoms with van der Waals surface area (Å²) in [6.07, 6.45) is 2.02. The Balaban J connectivity index is 1.62. The number of hydrogen-bond donors (Lipinski definition) is 2. The van der Waals surface area contributed by atoms with Gasteiger partial charge in [-0.15, -0.1) is 11.3 Å². The second-order valence-corrected chi connectivity index (χ2v) is 7.63. The Labute approximate surface area is 141 Å². The van der Waals surface area contributed by atoms with Crippen molar-refractivity contribution >= 4 is 33.3 Å². The summed E-state index contributed by atoms with van der Waals surface area (Å²) in [6, 6.07) is 6.05. The van der Waals surface area contributed by atoms with Crippen LogP contribution >= 0.6 is 11.3 Å². The van der Waals surface area contributed by atoms with E-state index in [1.807, 2.05) is 18.2 Å². The highest BCUT2D eigenvalue weighted by Crippen LogP contribution is 2.29. The molecule has 0 radical (unpaired) electrons. The molecular weight excluding hydrogens is 308 g/mol. The van der Waals surface area contributed by atoms with Gasteiger partial charge in [-0.2, -0.15) is 0 Å². The molecule has 2 heterocycles. The molecule has 2 aromatic rings. The number of benzene rings is 1. The molecule has 23 heavy (non-hydrogen) atoms. The van der Waals surface area contributed by atoms with Crippen LogP contribution in [0.1, 0.15) is 37.6 Å². The first-order valence-electron chi connectivity index (χ1n) is 8.18. The van der Waals surface area contributed by atoms with E-state index in [0.717, 1.165) is 46.8 Å². The summed E-state index contributed by atoms with van der Waals surface area (Å²) in [7, 11) is 2.12. The van der Waals surface area contributed by atoms with Gasteiger partial charge in [0.05, 0.1) is 15.2 Å². The summed E-state index contributed by atoms with van der Waals surface area (Å²) >= 11 is 1.69. The lowest BCUT2D eigenvalue weighted by Crippen LogP contribution is -2.44. The van der Waals surface area contributed by atoms with E-state index in [4.69, 9.17) is 0 Å². The molecule has 1 aliphatic heterocycles. The molecule has 0 aliphatic carbocycles. The van der Waals surface area contributed by atoms with Crippen molar-refractivity contribution in [3.05, 3.63) is 23.2 Å². The fraction of sp³-hybridized carbons (Fsp3) is 0.529. The minimum Gasteiger partial charge on any atom is -0.335 e. The maximum atomic E-state index is 12.2. The number of anilines is 1. The number of amides is 2. The minimum atomic E-state index is -0.118. The van der Waals surface area contributed by atoms with Gasteiger partial charge in [-0.05, 0) is 51.2 Å². The van der Waals surface area contributed by atoms with Gasteiger partial charge in [0.1, 0.15) is 0 Å². The molecule has 3 rings (SSSR count). The van der Waals surface area contributed by atoms with E-state index < -0.39 is 0 Å². The van der Waals surface area contributed by atoms with Crippen molar-refractivity contribution in [3.63, 3.8) is 0 Å². The maximum Gasteiger partial charge on any atom is 0.319 e. The number of hydrogen-bond acceptors (Lipinski definition) is 4. The summed E-state index contributed by atoms with van der Waals surface area (Å²) in [5.74, 6) is 0.427. The Kier molecular flexibility index (Phi) is 4.82. The SMILES string of the molecule is CC(C)c1nc2ccc(NC(=O)NC3CCN(C)CC3)cc2s1. The fourth-order valence-corrected chi connectivity index (χ4v) is 3.78. The molecule has 5 nitrogen and oxygen atoms in total. The van der Waals surface area contributed by atoms with Gasteiger partial charge in [-0.3, -0.25) is 0 Å². The largest absolute Gasteiger partial charge is 0.335 e. The van der Waals surface area contributed by atoms with Crippen molar-refractivity contribution in [2.24, 2.45) is 0 Å². The highest BCUT2D eigenvalue weighted by Gasteiger charge is 2.18. The van der Waals surface area contributed by atoms with E-state index in [1.165, 1.54) is 0 Å². The number of rotatable bonds is 3. The molecule has 1 aromatic heterocycles. The zero-order valence-electron chi connectivity index (χ0n) is 13.9. The number of carbonyl (C=O) groups is 1. The van der Waals surface area contributed by atoms with Crippen molar-refractivity contribution in [1.82, 2.24) is 15.2 Å². The highest BCUT2D eigenvalue weighted by molar-refractivity contribution is 7.18. The van der Waals surface area contributed by atoms with Gasteiger partial charge in [-0.25, -0.2) is 9.78 Å². The summed E-state index contributed by atoms with van der Waals surface area (Å²) in [5, 5.41) is 7.15. The molecule has 1 saturated heterocycles. The number of piperidine rings is 1. The van der Waals surface area contributed by atoms with E-state index in [-0.39, 0.29) is 12.1 Å². The molecule has 1 aliphatic rings. The Morgan fingerprint density at radius 1 is 1.35 bits per heavy atom. The lowest BCUT2D eigenvalue weighted by molar-refractivity contribution is 0.221. The number of carbonyl (C=O) groups excluding carboxylic acids is 1. The van der Waals surface area contributed by atoms with Gasteiger partial charge >= 0.3 is 6.03 Å². The number of thiazole rings is 1. The van der Waals surface area contributed by atoms with E-state index in [2.05, 4.69) is 41.4 Å². The van der Waals surface area contributed by atoms with Gasteiger partial charge in [-0.1, -0.05) is 13.8 Å². The van der Waals surface area contributed by atoms with Crippen LogP contribution in [0.2, 0.25) is 0 Å². The molecule has 0 spiro atoms. The third-order valence-electron chi connectivity index (χ3n) is 4.21. The van der Waals surface area contributed by atoms with Crippen LogP contribution in [0.5, 0.6) is 0 Å². The minimum absolute atomic E-state index is 0.118. The number of aromatic nitrogens is 1. The zero-order valence-corrected chi connectivity index (χ0v) is 14.7. The average Bonchev–Trinajstić information content (AvgIpc) is 2.93. The molecule has 2 N–H and O–H groups in total. The van der Waals surface area contributed by atoms with Crippen molar-refractivity contribution in [2.75, 3.05) is 25.5 Å². The summed E-state index contributed by atoms with van der Waals surface area (Å²) in [5.41, 5.74) is 1.82. The molecule has 0 atom stereocenters. The molecule has 0 bridgehead atoms. The quantitative estimate of drug-likeness (QED) is 0.902. The first-order valence-corrected chi connectivity index (χ1v) is 8.99. The maximum absolute atomic E-state index is 12.2. The van der Waals surface area contributed by atoms with Crippen LogP contribution in [-0.4, -0.2) is 42.1 Å². The number of fused-ring (bicyclic) bond motifs is 1. The highest BCUT2D eigenvalue weighted by atomic mass is 32.1. The van der Waals surface area contributed by atoms with E-state index in [9.17, 15) is 4.79 Å². The summed E-state index contributed by atoms with van der Waals surface area (Å²) in [4.78, 5) is 19.1. The Hall–Kier alpha value is -1.66. The normalized spacial score (nSPS) is 16.9.